The Labute approximate surface area is 177 Å². The van der Waals surface area contributed by atoms with E-state index in [-0.39, 0.29) is 17.7 Å². The minimum atomic E-state index is -0.536. The molecule has 1 aliphatic rings. The summed E-state index contributed by atoms with van der Waals surface area (Å²) in [5, 5.41) is 15.0. The molecule has 0 radical (unpaired) electrons. The van der Waals surface area contributed by atoms with E-state index in [0.29, 0.717) is 35.9 Å². The number of nitrogens with one attached hydrogen (secondary N) is 1. The summed E-state index contributed by atoms with van der Waals surface area (Å²) >= 11 is 5.97. The largest absolute Gasteiger partial charge is 0.395 e. The Morgan fingerprint density at radius 2 is 2.17 bits per heavy atom. The summed E-state index contributed by atoms with van der Waals surface area (Å²) in [4.78, 5) is 16.4. The summed E-state index contributed by atoms with van der Waals surface area (Å²) in [5.41, 5.74) is 7.05. The minimum Gasteiger partial charge on any atom is -0.395 e. The molecule has 8 heteroatoms. The van der Waals surface area contributed by atoms with Crippen LogP contribution >= 0.6 is 11.6 Å². The molecule has 2 atom stereocenters. The summed E-state index contributed by atoms with van der Waals surface area (Å²) < 4.78 is 19.1. The second-order valence-electron chi connectivity index (χ2n) is 7.31. The third kappa shape index (κ3) is 4.09. The maximum Gasteiger partial charge on any atom is 0.248 e. The number of nitrogens with two attached hydrogens (primary N) is 1. The van der Waals surface area contributed by atoms with Crippen LogP contribution in [0.3, 0.4) is 0 Å². The molecule has 1 aliphatic heterocycles. The Morgan fingerprint density at radius 3 is 2.83 bits per heavy atom. The molecule has 1 fully saturated rings. The highest BCUT2D eigenvalue weighted by molar-refractivity contribution is 6.30. The number of benzene rings is 2. The molecular weight excluding hydrogens is 409 g/mol. The van der Waals surface area contributed by atoms with Crippen LogP contribution in [0.5, 0.6) is 0 Å². The first-order chi connectivity index (χ1) is 14.5. The molecule has 2 heterocycles. The smallest absolute Gasteiger partial charge is 0.248 e. The molecule has 3 aromatic rings. The lowest BCUT2D eigenvalue weighted by molar-refractivity contribution is 0.100. The zero-order valence-corrected chi connectivity index (χ0v) is 16.8. The van der Waals surface area contributed by atoms with Crippen LogP contribution in [0.25, 0.3) is 10.8 Å². The zero-order valence-electron chi connectivity index (χ0n) is 16.1. The average Bonchev–Trinajstić information content (AvgIpc) is 3.23. The van der Waals surface area contributed by atoms with Crippen LogP contribution in [0.1, 0.15) is 34.0 Å². The second-order valence-corrected chi connectivity index (χ2v) is 7.71. The lowest BCUT2D eigenvalue weighted by Gasteiger charge is -2.20. The first kappa shape index (κ1) is 20.5. The van der Waals surface area contributed by atoms with Crippen molar-refractivity contribution in [1.29, 1.82) is 0 Å². The van der Waals surface area contributed by atoms with Crippen molar-refractivity contribution in [3.8, 4) is 0 Å². The van der Waals surface area contributed by atoms with Gasteiger partial charge in [-0.2, -0.15) is 0 Å². The van der Waals surface area contributed by atoms with Gasteiger partial charge in [-0.05, 0) is 47.7 Å². The Bertz CT molecular complexity index is 1100. The highest BCUT2D eigenvalue weighted by atomic mass is 35.5. The molecule has 1 aromatic heterocycles. The maximum atomic E-state index is 13.7. The van der Waals surface area contributed by atoms with Gasteiger partial charge in [0.15, 0.2) is 0 Å². The molecule has 4 rings (SSSR count). The number of hydrogen-bond acceptors (Lipinski definition) is 5. The SMILES string of the molecule is NC(=O)c1ccc2c([C@@H](CO)c3ccc(F)c(Cl)c3)nc(NC3CCOC3)cc2c1. The van der Waals surface area contributed by atoms with E-state index >= 15 is 0 Å². The van der Waals surface area contributed by atoms with Crippen LogP contribution in [0, 0.1) is 5.82 Å². The molecular formula is C22H21ClFN3O3. The molecule has 0 aliphatic carbocycles. The van der Waals surface area contributed by atoms with E-state index < -0.39 is 17.6 Å². The van der Waals surface area contributed by atoms with Crippen LogP contribution < -0.4 is 11.1 Å². The number of fused-ring (bicyclic) bond motifs is 1. The van der Waals surface area contributed by atoms with E-state index in [0.717, 1.165) is 17.2 Å². The van der Waals surface area contributed by atoms with Crippen molar-refractivity contribution >= 4 is 34.1 Å². The van der Waals surface area contributed by atoms with E-state index in [1.807, 2.05) is 6.07 Å². The number of rotatable bonds is 6. The number of ether oxygens (including phenoxy) is 1. The average molecular weight is 430 g/mol. The maximum absolute atomic E-state index is 13.7. The van der Waals surface area contributed by atoms with Crippen molar-refractivity contribution in [2.24, 2.45) is 5.73 Å². The number of carbonyl (C=O) groups is 1. The predicted molar refractivity (Wildman–Crippen MR) is 113 cm³/mol. The Kier molecular flexibility index (Phi) is 5.85. The van der Waals surface area contributed by atoms with E-state index in [1.165, 1.54) is 12.1 Å². The van der Waals surface area contributed by atoms with Gasteiger partial charge >= 0.3 is 0 Å². The van der Waals surface area contributed by atoms with Gasteiger partial charge in [-0.3, -0.25) is 4.79 Å². The highest BCUT2D eigenvalue weighted by Gasteiger charge is 2.22. The number of aliphatic hydroxyl groups is 1. The molecule has 1 unspecified atom stereocenters. The summed E-state index contributed by atoms with van der Waals surface area (Å²) in [7, 11) is 0. The standard InChI is InChI=1S/C22H21ClFN3O3/c23-18-8-12(2-4-19(18)24)17(10-28)21-16-3-1-13(22(25)29)7-14(16)9-20(27-21)26-15-5-6-30-11-15/h1-4,7-9,15,17,28H,5-6,10-11H2,(H2,25,29)(H,26,27)/t15?,17-/m0/s1. The molecule has 1 amide bonds. The normalized spacial score (nSPS) is 17.2. The fraction of sp³-hybridized carbons (Fsp3) is 0.273. The second kappa shape index (κ2) is 8.55. The van der Waals surface area contributed by atoms with Gasteiger partial charge in [0.25, 0.3) is 0 Å². The van der Waals surface area contributed by atoms with Gasteiger partial charge in [0.1, 0.15) is 11.6 Å². The van der Waals surface area contributed by atoms with Crippen molar-refractivity contribution < 1.29 is 19.0 Å². The van der Waals surface area contributed by atoms with Gasteiger partial charge in [0.2, 0.25) is 5.91 Å². The van der Waals surface area contributed by atoms with Gasteiger partial charge in [-0.15, -0.1) is 0 Å². The van der Waals surface area contributed by atoms with Gasteiger partial charge in [0.05, 0.1) is 35.9 Å². The Hall–Kier alpha value is -2.74. The lowest BCUT2D eigenvalue weighted by atomic mass is 9.92. The third-order valence-electron chi connectivity index (χ3n) is 5.29. The summed E-state index contributed by atoms with van der Waals surface area (Å²) in [6.45, 7) is 1.00. The van der Waals surface area contributed by atoms with E-state index in [2.05, 4.69) is 5.32 Å². The molecule has 0 bridgehead atoms. The number of hydrogen-bond donors (Lipinski definition) is 3. The van der Waals surface area contributed by atoms with E-state index in [4.69, 9.17) is 27.1 Å². The molecule has 0 saturated carbocycles. The van der Waals surface area contributed by atoms with Gasteiger partial charge in [0, 0.05) is 17.6 Å². The molecule has 0 spiro atoms. The number of anilines is 1. The number of pyridine rings is 1. The van der Waals surface area contributed by atoms with Crippen molar-refractivity contribution in [2.75, 3.05) is 25.1 Å². The van der Waals surface area contributed by atoms with Crippen LogP contribution in [0.4, 0.5) is 10.2 Å². The fourth-order valence-electron chi connectivity index (χ4n) is 3.71. The van der Waals surface area contributed by atoms with Crippen molar-refractivity contribution in [2.45, 2.75) is 18.4 Å². The first-order valence-corrected chi connectivity index (χ1v) is 9.98. The number of aliphatic hydroxyl groups excluding tert-OH is 1. The van der Waals surface area contributed by atoms with E-state index in [9.17, 15) is 14.3 Å². The molecule has 6 nitrogen and oxygen atoms in total. The lowest BCUT2D eigenvalue weighted by Crippen LogP contribution is -2.20. The predicted octanol–water partition coefficient (Wildman–Crippen LogP) is 3.45. The van der Waals surface area contributed by atoms with Gasteiger partial charge < -0.3 is 20.9 Å². The summed E-state index contributed by atoms with van der Waals surface area (Å²) in [6.07, 6.45) is 0.855. The minimum absolute atomic E-state index is 0.0244. The molecule has 30 heavy (non-hydrogen) atoms. The highest BCUT2D eigenvalue weighted by Crippen LogP contribution is 2.33. The fourth-order valence-corrected chi connectivity index (χ4v) is 3.90. The van der Waals surface area contributed by atoms with E-state index in [1.54, 1.807) is 24.3 Å². The zero-order chi connectivity index (χ0) is 21.3. The molecule has 1 saturated heterocycles. The summed E-state index contributed by atoms with van der Waals surface area (Å²) in [6, 6.07) is 11.4. The number of primary amides is 1. The number of carbonyl (C=O) groups excluding carboxylic acids is 1. The Balaban J connectivity index is 1.85. The van der Waals surface area contributed by atoms with Crippen LogP contribution in [-0.4, -0.2) is 41.9 Å². The third-order valence-corrected chi connectivity index (χ3v) is 5.58. The Morgan fingerprint density at radius 1 is 1.33 bits per heavy atom. The number of amides is 1. The van der Waals surface area contributed by atoms with Crippen molar-refractivity contribution in [1.82, 2.24) is 4.98 Å². The molecule has 2 aromatic carbocycles. The first-order valence-electron chi connectivity index (χ1n) is 9.61. The van der Waals surface area contributed by atoms with Crippen molar-refractivity contribution in [3.05, 3.63) is 70.1 Å². The van der Waals surface area contributed by atoms with Crippen LogP contribution in [0.15, 0.2) is 42.5 Å². The van der Waals surface area contributed by atoms with Gasteiger partial charge in [-0.1, -0.05) is 23.7 Å². The molecule has 4 N–H and O–H groups in total. The van der Waals surface area contributed by atoms with Crippen molar-refractivity contribution in [3.63, 3.8) is 0 Å². The quantitative estimate of drug-likeness (QED) is 0.557. The topological polar surface area (TPSA) is 97.5 Å². The number of halogens is 2. The number of nitrogens with zero attached hydrogens (tertiary/aromatic N) is 1. The summed E-state index contributed by atoms with van der Waals surface area (Å²) in [5.74, 6) is -0.997. The molecule has 156 valence electrons. The number of aromatic nitrogens is 1. The van der Waals surface area contributed by atoms with Crippen LogP contribution in [-0.2, 0) is 4.74 Å². The van der Waals surface area contributed by atoms with Crippen LogP contribution in [0.2, 0.25) is 5.02 Å². The van der Waals surface area contributed by atoms with Gasteiger partial charge in [-0.25, -0.2) is 9.37 Å². The monoisotopic (exact) mass is 429 g/mol.